The highest BCUT2D eigenvalue weighted by Gasteiger charge is 2.18. The Morgan fingerprint density at radius 2 is 1.81 bits per heavy atom. The van der Waals surface area contributed by atoms with Crippen molar-refractivity contribution in [2.75, 3.05) is 0 Å². The van der Waals surface area contributed by atoms with Crippen molar-refractivity contribution in [2.45, 2.75) is 39.2 Å². The number of hydrogen-bond acceptors (Lipinski definition) is 2. The molecule has 1 atom stereocenters. The van der Waals surface area contributed by atoms with Crippen LogP contribution in [-0.2, 0) is 6.54 Å². The first kappa shape index (κ1) is 17.7. The van der Waals surface area contributed by atoms with Gasteiger partial charge in [0.2, 0.25) is 0 Å². The Bertz CT molecular complexity index is 952. The number of nitrogens with zero attached hydrogens (tertiary/aromatic N) is 2. The maximum absolute atomic E-state index is 12.8. The predicted octanol–water partition coefficient (Wildman–Crippen LogP) is 5.28. The van der Waals surface area contributed by atoms with Crippen molar-refractivity contribution >= 4 is 0 Å². The zero-order valence-electron chi connectivity index (χ0n) is 15.8. The monoisotopic (exact) mass is 357 g/mol. The van der Waals surface area contributed by atoms with E-state index in [1.54, 1.807) is 10.7 Å². The van der Waals surface area contributed by atoms with Gasteiger partial charge in [0.05, 0.1) is 5.69 Å². The lowest BCUT2D eigenvalue weighted by molar-refractivity contribution is 0.341. The first-order valence-electron chi connectivity index (χ1n) is 9.77. The topological polar surface area (TPSA) is 34.9 Å². The fourth-order valence-corrected chi connectivity index (χ4v) is 3.82. The third-order valence-corrected chi connectivity index (χ3v) is 5.36. The molecule has 0 bridgehead atoms. The van der Waals surface area contributed by atoms with Crippen LogP contribution in [0.2, 0.25) is 0 Å². The Kier molecular flexibility index (Phi) is 5.19. The SMILES string of the molecule is Cc1ccc(-c2cc(=O)n(CC3C[CH]CCC3)nc2-c2ccccc2)cc1. The van der Waals surface area contributed by atoms with E-state index in [0.717, 1.165) is 28.8 Å². The molecule has 4 rings (SSSR count). The third-order valence-electron chi connectivity index (χ3n) is 5.36. The number of hydrogen-bond donors (Lipinski definition) is 0. The Morgan fingerprint density at radius 1 is 1.04 bits per heavy atom. The summed E-state index contributed by atoms with van der Waals surface area (Å²) in [7, 11) is 0. The minimum Gasteiger partial charge on any atom is -0.268 e. The summed E-state index contributed by atoms with van der Waals surface area (Å²) in [5, 5.41) is 4.83. The van der Waals surface area contributed by atoms with E-state index in [9.17, 15) is 4.79 Å². The summed E-state index contributed by atoms with van der Waals surface area (Å²) in [5.74, 6) is 0.512. The summed E-state index contributed by atoms with van der Waals surface area (Å²) in [6.07, 6.45) is 7.00. The Morgan fingerprint density at radius 3 is 2.52 bits per heavy atom. The van der Waals surface area contributed by atoms with Gasteiger partial charge in [-0.3, -0.25) is 4.79 Å². The molecule has 0 aliphatic heterocycles. The highest BCUT2D eigenvalue weighted by molar-refractivity contribution is 5.80. The molecule has 3 heteroatoms. The highest BCUT2D eigenvalue weighted by Crippen LogP contribution is 2.30. The predicted molar refractivity (Wildman–Crippen MR) is 110 cm³/mol. The van der Waals surface area contributed by atoms with Crippen molar-refractivity contribution in [1.82, 2.24) is 9.78 Å². The molecule has 0 amide bonds. The second-order valence-electron chi connectivity index (χ2n) is 7.48. The summed E-state index contributed by atoms with van der Waals surface area (Å²) in [6, 6.07) is 20.2. The van der Waals surface area contributed by atoms with Crippen LogP contribution >= 0.6 is 0 Å². The lowest BCUT2D eigenvalue weighted by atomic mass is 9.89. The smallest absolute Gasteiger partial charge is 0.267 e. The quantitative estimate of drug-likeness (QED) is 0.637. The van der Waals surface area contributed by atoms with Crippen LogP contribution < -0.4 is 5.56 Å². The summed E-state index contributed by atoms with van der Waals surface area (Å²) in [5.41, 5.74) is 5.03. The zero-order chi connectivity index (χ0) is 18.6. The van der Waals surface area contributed by atoms with Gasteiger partial charge in [0, 0.05) is 23.7 Å². The molecule has 0 N–H and O–H groups in total. The summed E-state index contributed by atoms with van der Waals surface area (Å²) < 4.78 is 1.67. The van der Waals surface area contributed by atoms with Crippen LogP contribution in [0.1, 0.15) is 31.2 Å². The van der Waals surface area contributed by atoms with Crippen molar-refractivity contribution in [2.24, 2.45) is 5.92 Å². The molecule has 3 nitrogen and oxygen atoms in total. The van der Waals surface area contributed by atoms with Crippen LogP contribution in [0.5, 0.6) is 0 Å². The maximum atomic E-state index is 12.8. The summed E-state index contributed by atoms with van der Waals surface area (Å²) in [6.45, 7) is 2.77. The largest absolute Gasteiger partial charge is 0.268 e. The van der Waals surface area contributed by atoms with Crippen LogP contribution in [0.3, 0.4) is 0 Å². The molecular weight excluding hydrogens is 332 g/mol. The van der Waals surface area contributed by atoms with E-state index < -0.39 is 0 Å². The fraction of sp³-hybridized carbons (Fsp3) is 0.292. The molecule has 1 aliphatic carbocycles. The van der Waals surface area contributed by atoms with Gasteiger partial charge in [-0.15, -0.1) is 0 Å². The number of benzene rings is 2. The molecule has 0 saturated heterocycles. The van der Waals surface area contributed by atoms with Gasteiger partial charge in [-0.1, -0.05) is 73.0 Å². The van der Waals surface area contributed by atoms with Crippen molar-refractivity contribution in [3.05, 3.63) is 83.0 Å². The first-order chi connectivity index (χ1) is 13.2. The average Bonchev–Trinajstić information content (AvgIpc) is 2.71. The Labute approximate surface area is 160 Å². The molecule has 1 unspecified atom stereocenters. The zero-order valence-corrected chi connectivity index (χ0v) is 15.8. The van der Waals surface area contributed by atoms with Gasteiger partial charge < -0.3 is 0 Å². The minimum absolute atomic E-state index is 0.0178. The van der Waals surface area contributed by atoms with Crippen molar-refractivity contribution in [3.63, 3.8) is 0 Å². The van der Waals surface area contributed by atoms with Gasteiger partial charge >= 0.3 is 0 Å². The van der Waals surface area contributed by atoms with E-state index in [0.29, 0.717) is 12.5 Å². The molecule has 1 aliphatic rings. The van der Waals surface area contributed by atoms with Crippen molar-refractivity contribution in [3.8, 4) is 22.4 Å². The van der Waals surface area contributed by atoms with Crippen LogP contribution in [-0.4, -0.2) is 9.78 Å². The second-order valence-corrected chi connectivity index (χ2v) is 7.48. The van der Waals surface area contributed by atoms with E-state index in [4.69, 9.17) is 5.10 Å². The summed E-state index contributed by atoms with van der Waals surface area (Å²) in [4.78, 5) is 12.8. The number of aromatic nitrogens is 2. The van der Waals surface area contributed by atoms with Gasteiger partial charge in [-0.2, -0.15) is 5.10 Å². The van der Waals surface area contributed by atoms with Gasteiger partial charge in [0.25, 0.3) is 5.56 Å². The molecule has 1 heterocycles. The maximum Gasteiger partial charge on any atom is 0.267 e. The van der Waals surface area contributed by atoms with Crippen molar-refractivity contribution in [1.29, 1.82) is 0 Å². The Balaban J connectivity index is 1.79. The number of rotatable bonds is 4. The van der Waals surface area contributed by atoms with Gasteiger partial charge in [-0.25, -0.2) is 4.68 Å². The third kappa shape index (κ3) is 4.02. The van der Waals surface area contributed by atoms with Crippen LogP contribution in [0.25, 0.3) is 22.4 Å². The van der Waals surface area contributed by atoms with Gasteiger partial charge in [-0.05, 0) is 37.7 Å². The number of aryl methyl sites for hydroxylation is 1. The van der Waals surface area contributed by atoms with Crippen LogP contribution in [0.15, 0.2) is 65.5 Å². The van der Waals surface area contributed by atoms with Crippen LogP contribution in [0, 0.1) is 19.3 Å². The van der Waals surface area contributed by atoms with E-state index in [2.05, 4.69) is 49.7 Å². The van der Waals surface area contributed by atoms with Gasteiger partial charge in [0.1, 0.15) is 0 Å². The molecule has 1 saturated carbocycles. The second kappa shape index (κ2) is 7.91. The van der Waals surface area contributed by atoms with Gasteiger partial charge in [0.15, 0.2) is 0 Å². The molecule has 0 spiro atoms. The minimum atomic E-state index is -0.0178. The molecule has 1 radical (unpaired) electrons. The molecule has 27 heavy (non-hydrogen) atoms. The molecular formula is C24H25N2O. The van der Waals surface area contributed by atoms with Crippen LogP contribution in [0.4, 0.5) is 0 Å². The molecule has 3 aromatic rings. The van der Waals surface area contributed by atoms with E-state index in [1.807, 2.05) is 18.2 Å². The molecule has 1 aromatic heterocycles. The first-order valence-corrected chi connectivity index (χ1v) is 9.77. The molecule has 2 aromatic carbocycles. The van der Waals surface area contributed by atoms with E-state index >= 15 is 0 Å². The molecule has 1 fully saturated rings. The lowest BCUT2D eigenvalue weighted by Crippen LogP contribution is -2.27. The highest BCUT2D eigenvalue weighted by atomic mass is 16.1. The van der Waals surface area contributed by atoms with E-state index in [-0.39, 0.29) is 5.56 Å². The summed E-state index contributed by atoms with van der Waals surface area (Å²) >= 11 is 0. The average molecular weight is 357 g/mol. The lowest BCUT2D eigenvalue weighted by Gasteiger charge is -2.22. The van der Waals surface area contributed by atoms with Crippen molar-refractivity contribution < 1.29 is 0 Å². The molecule has 137 valence electrons. The standard InChI is InChI=1S/C24H25N2O/c1-18-12-14-20(15-13-18)22-16-23(27)26(17-19-8-4-2-5-9-19)25-24(22)21-10-6-3-7-11-21/h3-4,6-7,10-16,19H,2,5,8-9,17H2,1H3. The normalized spacial score (nSPS) is 15.0. The van der Waals surface area contributed by atoms with E-state index in [1.165, 1.54) is 24.8 Å². The Hall–Kier alpha value is -2.68. The fourth-order valence-electron chi connectivity index (χ4n) is 3.82.